The lowest BCUT2D eigenvalue weighted by Gasteiger charge is -2.33. The van der Waals surface area contributed by atoms with Gasteiger partial charge in [-0.2, -0.15) is 0 Å². The van der Waals surface area contributed by atoms with Crippen LogP contribution >= 0.6 is 11.3 Å². The summed E-state index contributed by atoms with van der Waals surface area (Å²) in [6.45, 7) is 3.22. The molecule has 0 unspecified atom stereocenters. The Balaban J connectivity index is 1.24. The van der Waals surface area contributed by atoms with E-state index in [0.29, 0.717) is 41.2 Å². The third kappa shape index (κ3) is 5.27. The van der Waals surface area contributed by atoms with Crippen molar-refractivity contribution in [2.75, 3.05) is 13.3 Å². The Morgan fingerprint density at radius 2 is 1.95 bits per heavy atom. The zero-order valence-corrected chi connectivity index (χ0v) is 21.6. The third-order valence-corrected chi connectivity index (χ3v) is 7.86. The molecule has 11 heteroatoms. The van der Waals surface area contributed by atoms with Crippen LogP contribution in [0.25, 0.3) is 10.2 Å². The second-order valence-corrected chi connectivity index (χ2v) is 10.4. The Kier molecular flexibility index (Phi) is 7.31. The number of nitrogens with zero attached hydrogens (tertiary/aromatic N) is 3. The second kappa shape index (κ2) is 10.8. The van der Waals surface area contributed by atoms with E-state index < -0.39 is 5.69 Å². The second-order valence-electron chi connectivity index (χ2n) is 9.46. The van der Waals surface area contributed by atoms with Crippen LogP contribution < -0.4 is 26.0 Å². The van der Waals surface area contributed by atoms with E-state index in [1.54, 1.807) is 17.5 Å². The number of aromatic nitrogens is 2. The molecule has 1 N–H and O–H groups in total. The first-order valence-corrected chi connectivity index (χ1v) is 13.5. The van der Waals surface area contributed by atoms with Crippen LogP contribution in [0.5, 0.6) is 11.5 Å². The average Bonchev–Trinajstić information content (AvgIpc) is 3.57. The maximum absolute atomic E-state index is 13.3. The molecule has 1 atom stereocenters. The first kappa shape index (κ1) is 25.1. The topological polar surface area (TPSA) is 112 Å². The van der Waals surface area contributed by atoms with Crippen molar-refractivity contribution >= 4 is 33.4 Å². The first-order chi connectivity index (χ1) is 17.9. The Morgan fingerprint density at radius 1 is 1.11 bits per heavy atom. The number of hydrogen-bond donors (Lipinski definition) is 1. The Bertz CT molecular complexity index is 1440. The van der Waals surface area contributed by atoms with Gasteiger partial charge in [-0.15, -0.1) is 11.3 Å². The Morgan fingerprint density at radius 3 is 2.78 bits per heavy atom. The molecular formula is C26H30N4O6S. The molecule has 1 saturated heterocycles. The van der Waals surface area contributed by atoms with E-state index in [1.807, 2.05) is 24.0 Å². The van der Waals surface area contributed by atoms with Crippen LogP contribution in [-0.4, -0.2) is 45.2 Å². The molecule has 5 rings (SSSR count). The van der Waals surface area contributed by atoms with E-state index in [2.05, 4.69) is 5.32 Å². The molecule has 1 fully saturated rings. The number of benzene rings is 1. The van der Waals surface area contributed by atoms with Crippen molar-refractivity contribution in [3.63, 3.8) is 0 Å². The summed E-state index contributed by atoms with van der Waals surface area (Å²) in [6, 6.07) is 7.34. The van der Waals surface area contributed by atoms with Crippen LogP contribution in [0, 0.1) is 0 Å². The molecule has 2 aliphatic heterocycles. The van der Waals surface area contributed by atoms with E-state index in [9.17, 15) is 19.2 Å². The van der Waals surface area contributed by atoms with Crippen LogP contribution in [0.3, 0.4) is 0 Å². The average molecular weight is 527 g/mol. The molecule has 2 amide bonds. The van der Waals surface area contributed by atoms with E-state index >= 15 is 0 Å². The number of nitrogens with one attached hydrogen (secondary N) is 1. The molecule has 196 valence electrons. The number of ether oxygens (including phenoxy) is 2. The molecule has 0 radical (unpaired) electrons. The molecule has 0 aliphatic carbocycles. The van der Waals surface area contributed by atoms with Crippen molar-refractivity contribution in [2.45, 2.75) is 64.7 Å². The number of rotatable bonds is 8. The zero-order chi connectivity index (χ0) is 25.9. The standard InChI is InChI=1S/C26H30N4O6S/c1-17-5-2-3-10-28(17)23(32)15-30-19-9-12-37-24(19)25(33)29(26(30)34)11-4-6-22(31)27-14-18-7-8-20-21(13-18)36-16-35-20/h7-9,12-13,17H,2-6,10-11,14-16H2,1H3,(H,27,31)/t17-/m1/s1. The number of piperidine rings is 1. The van der Waals surface area contributed by atoms with Gasteiger partial charge < -0.3 is 19.7 Å². The maximum Gasteiger partial charge on any atom is 0.332 e. The molecule has 2 aliphatic rings. The Hall–Kier alpha value is -3.60. The van der Waals surface area contributed by atoms with Gasteiger partial charge in [0.1, 0.15) is 11.2 Å². The first-order valence-electron chi connectivity index (χ1n) is 12.6. The molecule has 10 nitrogen and oxygen atoms in total. The Labute approximate surface area is 217 Å². The number of fused-ring (bicyclic) bond motifs is 2. The summed E-state index contributed by atoms with van der Waals surface area (Å²) < 4.78 is 13.6. The van der Waals surface area contributed by atoms with Gasteiger partial charge in [-0.3, -0.25) is 23.5 Å². The van der Waals surface area contributed by atoms with Crippen molar-refractivity contribution < 1.29 is 19.1 Å². The minimum Gasteiger partial charge on any atom is -0.454 e. The minimum atomic E-state index is -0.519. The molecule has 1 aromatic carbocycles. The summed E-state index contributed by atoms with van der Waals surface area (Å²) in [5.74, 6) is 1.04. The fraction of sp³-hybridized carbons (Fsp3) is 0.462. The number of hydrogen-bond acceptors (Lipinski definition) is 7. The summed E-state index contributed by atoms with van der Waals surface area (Å²) in [5.41, 5.74) is 0.462. The lowest BCUT2D eigenvalue weighted by molar-refractivity contribution is -0.135. The van der Waals surface area contributed by atoms with Gasteiger partial charge in [0.2, 0.25) is 18.6 Å². The number of carbonyl (C=O) groups excluding carboxylic acids is 2. The van der Waals surface area contributed by atoms with E-state index in [-0.39, 0.29) is 49.7 Å². The van der Waals surface area contributed by atoms with Gasteiger partial charge in [-0.05, 0) is 61.7 Å². The highest BCUT2D eigenvalue weighted by atomic mass is 32.1. The summed E-state index contributed by atoms with van der Waals surface area (Å²) in [6.07, 6.45) is 3.47. The fourth-order valence-corrected chi connectivity index (χ4v) is 5.76. The predicted molar refractivity (Wildman–Crippen MR) is 139 cm³/mol. The van der Waals surface area contributed by atoms with Gasteiger partial charge in [0.05, 0.1) is 5.52 Å². The van der Waals surface area contributed by atoms with Crippen LogP contribution in [0.4, 0.5) is 0 Å². The SMILES string of the molecule is C[C@@H]1CCCCN1C(=O)Cn1c(=O)n(CCCC(=O)NCc2ccc3c(c2)OCO3)c(=O)c2sccc21. The summed E-state index contributed by atoms with van der Waals surface area (Å²) >= 11 is 1.25. The van der Waals surface area contributed by atoms with Crippen LogP contribution in [-0.2, 0) is 29.2 Å². The summed E-state index contributed by atoms with van der Waals surface area (Å²) in [5, 5.41) is 4.61. The van der Waals surface area contributed by atoms with Gasteiger partial charge in [0, 0.05) is 32.1 Å². The van der Waals surface area contributed by atoms with Crippen molar-refractivity contribution in [1.29, 1.82) is 0 Å². The molecule has 4 heterocycles. The molecular weight excluding hydrogens is 496 g/mol. The van der Waals surface area contributed by atoms with E-state index in [1.165, 1.54) is 15.9 Å². The van der Waals surface area contributed by atoms with E-state index in [0.717, 1.165) is 29.4 Å². The highest BCUT2D eigenvalue weighted by Crippen LogP contribution is 2.32. The predicted octanol–water partition coefficient (Wildman–Crippen LogP) is 2.45. The molecule has 0 spiro atoms. The molecule has 37 heavy (non-hydrogen) atoms. The van der Waals surface area contributed by atoms with Crippen LogP contribution in [0.2, 0.25) is 0 Å². The van der Waals surface area contributed by atoms with Gasteiger partial charge in [0.15, 0.2) is 11.5 Å². The molecule has 0 bridgehead atoms. The van der Waals surface area contributed by atoms with Gasteiger partial charge in [-0.25, -0.2) is 4.79 Å². The summed E-state index contributed by atoms with van der Waals surface area (Å²) in [4.78, 5) is 53.6. The van der Waals surface area contributed by atoms with Crippen molar-refractivity contribution in [3.8, 4) is 11.5 Å². The fourth-order valence-electron chi connectivity index (χ4n) is 4.92. The zero-order valence-electron chi connectivity index (χ0n) is 20.7. The van der Waals surface area contributed by atoms with Crippen molar-refractivity contribution in [2.24, 2.45) is 0 Å². The highest BCUT2D eigenvalue weighted by Gasteiger charge is 2.25. The molecule has 2 aromatic heterocycles. The van der Waals surface area contributed by atoms with E-state index in [4.69, 9.17) is 9.47 Å². The number of amides is 2. The van der Waals surface area contributed by atoms with Crippen LogP contribution in [0.15, 0.2) is 39.2 Å². The highest BCUT2D eigenvalue weighted by molar-refractivity contribution is 7.17. The lowest BCUT2D eigenvalue weighted by Crippen LogP contribution is -2.47. The largest absolute Gasteiger partial charge is 0.454 e. The van der Waals surface area contributed by atoms with Gasteiger partial charge in [0.25, 0.3) is 5.56 Å². The van der Waals surface area contributed by atoms with Gasteiger partial charge >= 0.3 is 5.69 Å². The lowest BCUT2D eigenvalue weighted by atomic mass is 10.0. The monoisotopic (exact) mass is 526 g/mol. The number of carbonyl (C=O) groups is 2. The normalized spacial score (nSPS) is 16.8. The maximum atomic E-state index is 13.3. The van der Waals surface area contributed by atoms with Crippen molar-refractivity contribution in [3.05, 3.63) is 56.0 Å². The number of likely N-dealkylation sites (tertiary alicyclic amines) is 1. The summed E-state index contributed by atoms with van der Waals surface area (Å²) in [7, 11) is 0. The smallest absolute Gasteiger partial charge is 0.332 e. The molecule has 0 saturated carbocycles. The third-order valence-electron chi connectivity index (χ3n) is 6.97. The minimum absolute atomic E-state index is 0.0945. The van der Waals surface area contributed by atoms with Gasteiger partial charge in [-0.1, -0.05) is 6.07 Å². The quantitative estimate of drug-likeness (QED) is 0.483. The number of thiophene rings is 1. The molecule has 3 aromatic rings. The van der Waals surface area contributed by atoms with Crippen molar-refractivity contribution in [1.82, 2.24) is 19.4 Å². The van der Waals surface area contributed by atoms with Crippen LogP contribution in [0.1, 0.15) is 44.6 Å².